The quantitative estimate of drug-likeness (QED) is 0.174. The number of alkyl halides is 3. The van der Waals surface area contributed by atoms with Crippen molar-refractivity contribution in [2.45, 2.75) is 55.3 Å². The minimum Gasteiger partial charge on any atom is -0.375 e. The first-order valence-electron chi connectivity index (χ1n) is 13.6. The van der Waals surface area contributed by atoms with Gasteiger partial charge in [-0.15, -0.1) is 11.8 Å². The summed E-state index contributed by atoms with van der Waals surface area (Å²) < 4.78 is 52.7. The van der Waals surface area contributed by atoms with E-state index in [0.29, 0.717) is 41.8 Å². The van der Waals surface area contributed by atoms with Crippen LogP contribution in [-0.4, -0.2) is 50.2 Å². The third-order valence-electron chi connectivity index (χ3n) is 6.77. The summed E-state index contributed by atoms with van der Waals surface area (Å²) in [4.78, 5) is 14.4. The van der Waals surface area contributed by atoms with Crippen molar-refractivity contribution in [3.8, 4) is 0 Å². The van der Waals surface area contributed by atoms with E-state index in [9.17, 15) is 22.4 Å². The van der Waals surface area contributed by atoms with Crippen LogP contribution in [0.5, 0.6) is 0 Å². The van der Waals surface area contributed by atoms with Crippen molar-refractivity contribution in [2.75, 3.05) is 31.3 Å². The lowest BCUT2D eigenvalue weighted by Gasteiger charge is -2.28. The number of carbonyl (C=O) groups excluding carboxylic acids is 1. The van der Waals surface area contributed by atoms with Crippen molar-refractivity contribution < 1.29 is 27.1 Å². The molecule has 0 aromatic heterocycles. The molecule has 0 spiro atoms. The van der Waals surface area contributed by atoms with Crippen molar-refractivity contribution in [1.29, 1.82) is 0 Å². The highest BCUT2D eigenvalue weighted by Gasteiger charge is 2.24. The summed E-state index contributed by atoms with van der Waals surface area (Å²) in [5.41, 5.74) is 7.27. The molecule has 3 aromatic rings. The Labute approximate surface area is 253 Å². The van der Waals surface area contributed by atoms with Gasteiger partial charge in [0.25, 0.3) is 0 Å². The van der Waals surface area contributed by atoms with Crippen LogP contribution in [0.25, 0.3) is 0 Å². The maximum Gasteiger partial charge on any atom is 0.400 e. The summed E-state index contributed by atoms with van der Waals surface area (Å²) in [6.07, 6.45) is -0.730. The number of morpholine rings is 1. The highest BCUT2D eigenvalue weighted by atomic mass is 35.5. The smallest absolute Gasteiger partial charge is 0.375 e. The van der Waals surface area contributed by atoms with Gasteiger partial charge in [-0.3, -0.25) is 4.79 Å². The Morgan fingerprint density at radius 2 is 1.83 bits per heavy atom. The number of rotatable bonds is 9. The van der Waals surface area contributed by atoms with Gasteiger partial charge in [-0.1, -0.05) is 41.9 Å². The van der Waals surface area contributed by atoms with Gasteiger partial charge in [0, 0.05) is 46.1 Å². The van der Waals surface area contributed by atoms with Crippen LogP contribution in [0.15, 0.2) is 71.6 Å². The lowest BCUT2D eigenvalue weighted by atomic mass is 9.88. The molecule has 5 nitrogen and oxygen atoms in total. The molecular weight excluding hydrogens is 590 g/mol. The van der Waals surface area contributed by atoms with Crippen molar-refractivity contribution in [2.24, 2.45) is 5.73 Å². The van der Waals surface area contributed by atoms with Crippen LogP contribution in [0.3, 0.4) is 0 Å². The minimum absolute atomic E-state index is 0.0300. The number of nitrogens with two attached hydrogens (primary N) is 1. The summed E-state index contributed by atoms with van der Waals surface area (Å²) in [5.74, 6) is -0.636. The highest BCUT2D eigenvalue weighted by Crippen LogP contribution is 2.32. The van der Waals surface area contributed by atoms with Crippen molar-refractivity contribution in [3.63, 3.8) is 0 Å². The Bertz CT molecular complexity index is 1290. The lowest BCUT2D eigenvalue weighted by molar-refractivity contribution is -0.118. The molecule has 0 unspecified atom stereocenters. The number of benzene rings is 3. The molecule has 42 heavy (non-hydrogen) atoms. The van der Waals surface area contributed by atoms with Crippen LogP contribution in [0, 0.1) is 5.82 Å². The Kier molecular flexibility index (Phi) is 13.1. The lowest BCUT2D eigenvalue weighted by Crippen LogP contribution is -2.44. The number of thioether (sulfide) groups is 1. The second-order valence-corrected chi connectivity index (χ2v) is 11.3. The third kappa shape index (κ3) is 10.9. The molecule has 0 bridgehead atoms. The van der Waals surface area contributed by atoms with Crippen LogP contribution in [0.2, 0.25) is 5.02 Å². The van der Waals surface area contributed by atoms with Crippen molar-refractivity contribution in [1.82, 2.24) is 5.32 Å². The Hall–Kier alpha value is -2.63. The number of nitrogens with one attached hydrogen (secondary N) is 2. The first-order chi connectivity index (χ1) is 20.0. The van der Waals surface area contributed by atoms with Crippen molar-refractivity contribution >= 4 is 35.0 Å². The van der Waals surface area contributed by atoms with Gasteiger partial charge in [-0.25, -0.2) is 4.39 Å². The van der Waals surface area contributed by atoms with E-state index in [1.165, 1.54) is 6.07 Å². The Morgan fingerprint density at radius 3 is 2.45 bits per heavy atom. The first kappa shape index (κ1) is 33.9. The molecule has 11 heteroatoms. The molecule has 1 heterocycles. The zero-order valence-corrected chi connectivity index (χ0v) is 25.1. The average molecular weight is 626 g/mol. The number of anilines is 1. The van der Waals surface area contributed by atoms with Gasteiger partial charge in [-0.05, 0) is 73.5 Å². The maximum atomic E-state index is 14.8. The standard InChI is InChI=1S/C29H32ClFN2O2S.C2H4F3N/c1-19-18-35-23(17-32-19)13-14-25-27(31)7-4-8-28(25)33-29(34)16-26(20-9-11-22(30)12-10-20)21-5-3-6-24(15-21)36-2;3-2(4,5)1-6/h3-12,15,19,23,26,32H,13-14,16-18H2,1-2H3,(H,33,34);1,6H2/t19-,23-,26+;/m1./s1. The second-order valence-electron chi connectivity index (χ2n) is 10.0. The Morgan fingerprint density at radius 1 is 1.14 bits per heavy atom. The predicted molar refractivity (Wildman–Crippen MR) is 162 cm³/mol. The zero-order valence-electron chi connectivity index (χ0n) is 23.5. The number of halogens is 5. The van der Waals surface area contributed by atoms with Crippen LogP contribution in [0.1, 0.15) is 42.4 Å². The molecule has 0 radical (unpaired) electrons. The van der Waals surface area contributed by atoms with Crippen LogP contribution in [-0.2, 0) is 16.0 Å². The van der Waals surface area contributed by atoms with E-state index in [1.807, 2.05) is 42.7 Å². The molecule has 1 aliphatic heterocycles. The predicted octanol–water partition coefficient (Wildman–Crippen LogP) is 7.18. The normalized spacial score (nSPS) is 17.6. The van der Waals surface area contributed by atoms with Gasteiger partial charge in [0.05, 0.1) is 19.3 Å². The van der Waals surface area contributed by atoms with E-state index < -0.39 is 12.7 Å². The fourth-order valence-corrected chi connectivity index (χ4v) is 5.11. The molecule has 1 aliphatic rings. The SMILES string of the molecule is CSc1cccc([C@@H](CC(=O)Nc2cccc(F)c2CC[C@@H]2CN[C@H](C)CO2)c2ccc(Cl)cc2)c1.NCC(F)(F)F. The monoisotopic (exact) mass is 625 g/mol. The fraction of sp³-hybridized carbons (Fsp3) is 0.387. The van der Waals surface area contributed by atoms with Crippen LogP contribution >= 0.6 is 23.4 Å². The van der Waals surface area contributed by atoms with E-state index in [2.05, 4.69) is 35.4 Å². The molecular formula is C31H36ClF4N3O2S. The summed E-state index contributed by atoms with van der Waals surface area (Å²) >= 11 is 7.78. The van der Waals surface area contributed by atoms with Gasteiger partial charge >= 0.3 is 6.18 Å². The van der Waals surface area contributed by atoms with E-state index in [-0.39, 0.29) is 30.2 Å². The molecule has 3 atom stereocenters. The average Bonchev–Trinajstić information content (AvgIpc) is 2.97. The molecule has 4 N–H and O–H groups in total. The second kappa shape index (κ2) is 16.3. The van der Waals surface area contributed by atoms with Gasteiger partial charge < -0.3 is 21.1 Å². The summed E-state index contributed by atoms with van der Waals surface area (Å²) in [6.45, 7) is 2.24. The molecule has 0 aliphatic carbocycles. The van der Waals surface area contributed by atoms with Crippen LogP contribution < -0.4 is 16.4 Å². The number of hydrogen-bond donors (Lipinski definition) is 3. The number of ether oxygens (including phenoxy) is 1. The van der Waals surface area contributed by atoms with E-state index in [1.54, 1.807) is 23.9 Å². The fourth-order valence-electron chi connectivity index (χ4n) is 4.52. The highest BCUT2D eigenvalue weighted by molar-refractivity contribution is 7.98. The van der Waals surface area contributed by atoms with Crippen molar-refractivity contribution in [3.05, 3.63) is 94.3 Å². The molecule has 3 aromatic carbocycles. The Balaban J connectivity index is 0.000000730. The van der Waals surface area contributed by atoms with E-state index in [0.717, 1.165) is 22.6 Å². The van der Waals surface area contributed by atoms with E-state index >= 15 is 0 Å². The topological polar surface area (TPSA) is 76.4 Å². The molecule has 0 saturated carbocycles. The van der Waals surface area contributed by atoms with Gasteiger partial charge in [-0.2, -0.15) is 13.2 Å². The largest absolute Gasteiger partial charge is 0.400 e. The maximum absolute atomic E-state index is 14.8. The molecule has 1 fully saturated rings. The van der Waals surface area contributed by atoms with E-state index in [4.69, 9.17) is 16.3 Å². The molecule has 228 valence electrons. The summed E-state index contributed by atoms with van der Waals surface area (Å²) in [7, 11) is 0. The third-order valence-corrected chi connectivity index (χ3v) is 7.75. The zero-order chi connectivity index (χ0) is 30.7. The molecule has 1 saturated heterocycles. The summed E-state index contributed by atoms with van der Waals surface area (Å²) in [5, 5.41) is 7.03. The van der Waals surface area contributed by atoms with Crippen LogP contribution in [0.4, 0.5) is 23.2 Å². The molecule has 1 amide bonds. The minimum atomic E-state index is -4.18. The van der Waals surface area contributed by atoms with Gasteiger partial charge in [0.15, 0.2) is 0 Å². The van der Waals surface area contributed by atoms with Gasteiger partial charge in [0.1, 0.15) is 5.82 Å². The number of amides is 1. The summed E-state index contributed by atoms with van der Waals surface area (Å²) in [6, 6.07) is 21.0. The number of carbonyl (C=O) groups is 1. The number of hydrogen-bond acceptors (Lipinski definition) is 5. The van der Waals surface area contributed by atoms with Gasteiger partial charge in [0.2, 0.25) is 5.91 Å². The molecule has 4 rings (SSSR count). The first-order valence-corrected chi connectivity index (χ1v) is 15.2.